The van der Waals surface area contributed by atoms with E-state index in [1.165, 1.54) is 0 Å². The summed E-state index contributed by atoms with van der Waals surface area (Å²) in [6.07, 6.45) is 6.17. The van der Waals surface area contributed by atoms with Gasteiger partial charge in [0.1, 0.15) is 18.2 Å². The molecule has 0 bridgehead atoms. The Balaban J connectivity index is 2.60. The second kappa shape index (κ2) is 3.12. The number of aromatic nitrogens is 4. The van der Waals surface area contributed by atoms with Gasteiger partial charge in [0, 0.05) is 5.92 Å². The first-order valence-electron chi connectivity index (χ1n) is 4.46. The predicted molar refractivity (Wildman–Crippen MR) is 49.5 cm³/mol. The topological polar surface area (TPSA) is 43.1 Å². The molecule has 0 saturated heterocycles. The van der Waals surface area contributed by atoms with Crippen molar-refractivity contribution in [2.24, 2.45) is 0 Å². The van der Waals surface area contributed by atoms with Crippen molar-refractivity contribution in [1.29, 1.82) is 0 Å². The maximum absolute atomic E-state index is 4.28. The van der Waals surface area contributed by atoms with Crippen LogP contribution in [0.4, 0.5) is 0 Å². The second-order valence-corrected chi connectivity index (χ2v) is 3.18. The highest BCUT2D eigenvalue weighted by Crippen LogP contribution is 2.19. The summed E-state index contributed by atoms with van der Waals surface area (Å²) in [5.41, 5.74) is 2.09. The molecule has 2 rings (SSSR count). The van der Waals surface area contributed by atoms with Crippen LogP contribution in [-0.4, -0.2) is 19.6 Å². The van der Waals surface area contributed by atoms with E-state index < -0.39 is 0 Å². The molecule has 2 heterocycles. The molecule has 68 valence electrons. The molecular formula is C9H12N4. The summed E-state index contributed by atoms with van der Waals surface area (Å²) in [6, 6.07) is 0. The number of imidazole rings is 1. The summed E-state index contributed by atoms with van der Waals surface area (Å²) >= 11 is 0. The SMILES string of the molecule is CCC(C)c1ncnn2cncc12. The van der Waals surface area contributed by atoms with Crippen molar-refractivity contribution in [2.45, 2.75) is 26.2 Å². The molecule has 0 aromatic carbocycles. The fraction of sp³-hybridized carbons (Fsp3) is 0.444. The van der Waals surface area contributed by atoms with Crippen LogP contribution in [0.1, 0.15) is 31.9 Å². The lowest BCUT2D eigenvalue weighted by molar-refractivity contribution is 0.697. The number of rotatable bonds is 2. The van der Waals surface area contributed by atoms with Crippen LogP contribution in [0.2, 0.25) is 0 Å². The monoisotopic (exact) mass is 176 g/mol. The largest absolute Gasteiger partial charge is 0.242 e. The molecule has 4 heteroatoms. The summed E-state index contributed by atoms with van der Waals surface area (Å²) in [5, 5.41) is 4.06. The van der Waals surface area contributed by atoms with Gasteiger partial charge in [0.25, 0.3) is 0 Å². The third-order valence-electron chi connectivity index (χ3n) is 2.33. The van der Waals surface area contributed by atoms with Crippen molar-refractivity contribution in [3.8, 4) is 0 Å². The van der Waals surface area contributed by atoms with Crippen LogP contribution >= 0.6 is 0 Å². The molecule has 13 heavy (non-hydrogen) atoms. The number of nitrogens with zero attached hydrogens (tertiary/aromatic N) is 4. The minimum Gasteiger partial charge on any atom is -0.242 e. The fourth-order valence-corrected chi connectivity index (χ4v) is 1.35. The number of fused-ring (bicyclic) bond motifs is 1. The third kappa shape index (κ3) is 1.28. The van der Waals surface area contributed by atoms with Crippen molar-refractivity contribution in [2.75, 3.05) is 0 Å². The van der Waals surface area contributed by atoms with E-state index in [-0.39, 0.29) is 0 Å². The molecular weight excluding hydrogens is 164 g/mol. The van der Waals surface area contributed by atoms with Gasteiger partial charge in [-0.3, -0.25) is 0 Å². The van der Waals surface area contributed by atoms with Crippen LogP contribution in [0, 0.1) is 0 Å². The average molecular weight is 176 g/mol. The Bertz CT molecular complexity index is 407. The number of hydrogen-bond acceptors (Lipinski definition) is 3. The summed E-state index contributed by atoms with van der Waals surface area (Å²) < 4.78 is 1.76. The van der Waals surface area contributed by atoms with Gasteiger partial charge in [-0.25, -0.2) is 14.5 Å². The number of hydrogen-bond donors (Lipinski definition) is 0. The molecule has 0 fully saturated rings. The first-order valence-corrected chi connectivity index (χ1v) is 4.46. The quantitative estimate of drug-likeness (QED) is 0.698. The zero-order chi connectivity index (χ0) is 9.26. The van der Waals surface area contributed by atoms with Crippen molar-refractivity contribution in [3.05, 3.63) is 24.5 Å². The second-order valence-electron chi connectivity index (χ2n) is 3.18. The van der Waals surface area contributed by atoms with Crippen molar-refractivity contribution < 1.29 is 0 Å². The van der Waals surface area contributed by atoms with Gasteiger partial charge in [-0.15, -0.1) is 0 Å². The zero-order valence-electron chi connectivity index (χ0n) is 7.81. The Hall–Kier alpha value is -1.45. The molecule has 0 N–H and O–H groups in total. The molecule has 0 radical (unpaired) electrons. The van der Waals surface area contributed by atoms with Gasteiger partial charge in [0.15, 0.2) is 0 Å². The molecule has 1 atom stereocenters. The Morgan fingerprint density at radius 1 is 1.54 bits per heavy atom. The Labute approximate surface area is 76.6 Å². The minimum absolute atomic E-state index is 0.460. The zero-order valence-corrected chi connectivity index (χ0v) is 7.81. The van der Waals surface area contributed by atoms with Crippen molar-refractivity contribution in [3.63, 3.8) is 0 Å². The highest BCUT2D eigenvalue weighted by molar-refractivity contribution is 5.49. The first kappa shape index (κ1) is 8.16. The average Bonchev–Trinajstić information content (AvgIpc) is 2.63. The highest BCUT2D eigenvalue weighted by Gasteiger charge is 2.09. The molecule has 1 unspecified atom stereocenters. The Morgan fingerprint density at radius 2 is 2.38 bits per heavy atom. The van der Waals surface area contributed by atoms with E-state index in [0.29, 0.717) is 5.92 Å². The Kier molecular flexibility index (Phi) is 1.96. The molecule has 0 aliphatic carbocycles. The van der Waals surface area contributed by atoms with E-state index in [2.05, 4.69) is 28.9 Å². The molecule has 2 aromatic heterocycles. The van der Waals surface area contributed by atoms with Gasteiger partial charge in [-0.05, 0) is 6.42 Å². The smallest absolute Gasteiger partial charge is 0.136 e. The summed E-state index contributed by atoms with van der Waals surface area (Å²) in [5.74, 6) is 0.460. The maximum Gasteiger partial charge on any atom is 0.136 e. The van der Waals surface area contributed by atoms with E-state index in [4.69, 9.17) is 0 Å². The van der Waals surface area contributed by atoms with Gasteiger partial charge in [-0.1, -0.05) is 13.8 Å². The standard InChI is InChI=1S/C9H12N4/c1-3-7(2)9-8-4-10-6-13(8)12-5-11-9/h4-7H,3H2,1-2H3. The molecule has 0 aliphatic heterocycles. The summed E-state index contributed by atoms with van der Waals surface area (Å²) in [7, 11) is 0. The lowest BCUT2D eigenvalue weighted by Gasteiger charge is -2.07. The molecule has 0 aliphatic rings. The Morgan fingerprint density at radius 3 is 3.15 bits per heavy atom. The van der Waals surface area contributed by atoms with Gasteiger partial charge in [0.2, 0.25) is 0 Å². The van der Waals surface area contributed by atoms with Gasteiger partial charge < -0.3 is 0 Å². The van der Waals surface area contributed by atoms with E-state index >= 15 is 0 Å². The van der Waals surface area contributed by atoms with Crippen LogP contribution in [0.5, 0.6) is 0 Å². The third-order valence-corrected chi connectivity index (χ3v) is 2.33. The van der Waals surface area contributed by atoms with Gasteiger partial charge >= 0.3 is 0 Å². The van der Waals surface area contributed by atoms with E-state index in [1.54, 1.807) is 17.2 Å². The lowest BCUT2D eigenvalue weighted by Crippen LogP contribution is -2.01. The predicted octanol–water partition coefficient (Wildman–Crippen LogP) is 1.64. The summed E-state index contributed by atoms with van der Waals surface area (Å²) in [6.45, 7) is 4.31. The van der Waals surface area contributed by atoms with Gasteiger partial charge in [0.05, 0.1) is 11.9 Å². The van der Waals surface area contributed by atoms with E-state index in [9.17, 15) is 0 Å². The lowest BCUT2D eigenvalue weighted by atomic mass is 10.0. The van der Waals surface area contributed by atoms with E-state index in [0.717, 1.165) is 17.6 Å². The molecule has 0 amide bonds. The van der Waals surface area contributed by atoms with Crippen LogP contribution in [0.15, 0.2) is 18.9 Å². The molecule has 4 nitrogen and oxygen atoms in total. The van der Waals surface area contributed by atoms with Crippen LogP contribution in [-0.2, 0) is 0 Å². The molecule has 2 aromatic rings. The molecule has 0 spiro atoms. The van der Waals surface area contributed by atoms with Crippen molar-refractivity contribution in [1.82, 2.24) is 19.6 Å². The highest BCUT2D eigenvalue weighted by atomic mass is 15.3. The first-order chi connectivity index (χ1) is 6.33. The van der Waals surface area contributed by atoms with Crippen LogP contribution in [0.3, 0.4) is 0 Å². The van der Waals surface area contributed by atoms with Crippen LogP contribution < -0.4 is 0 Å². The van der Waals surface area contributed by atoms with Crippen LogP contribution in [0.25, 0.3) is 5.52 Å². The summed E-state index contributed by atoms with van der Waals surface area (Å²) in [4.78, 5) is 8.32. The van der Waals surface area contributed by atoms with E-state index in [1.807, 2.05) is 6.20 Å². The maximum atomic E-state index is 4.28. The normalized spacial score (nSPS) is 13.4. The fourth-order valence-electron chi connectivity index (χ4n) is 1.35. The minimum atomic E-state index is 0.460. The van der Waals surface area contributed by atoms with Gasteiger partial charge in [-0.2, -0.15) is 5.10 Å². The molecule has 0 saturated carbocycles. The van der Waals surface area contributed by atoms with Crippen molar-refractivity contribution >= 4 is 5.52 Å².